The van der Waals surface area contributed by atoms with Gasteiger partial charge < -0.3 is 15.5 Å². The van der Waals surface area contributed by atoms with Crippen LogP contribution in [0.4, 0.5) is 20.6 Å². The second kappa shape index (κ2) is 7.21. The highest BCUT2D eigenvalue weighted by Crippen LogP contribution is 2.23. The zero-order valence-corrected chi connectivity index (χ0v) is 14.9. The van der Waals surface area contributed by atoms with E-state index in [4.69, 9.17) is 0 Å². The van der Waals surface area contributed by atoms with Crippen LogP contribution in [-0.4, -0.2) is 25.2 Å². The van der Waals surface area contributed by atoms with Gasteiger partial charge in [-0.2, -0.15) is 0 Å². The van der Waals surface area contributed by atoms with Gasteiger partial charge in [0.05, 0.1) is 5.69 Å². The average molecular weight is 392 g/mol. The van der Waals surface area contributed by atoms with Crippen LogP contribution in [0.1, 0.15) is 12.0 Å². The van der Waals surface area contributed by atoms with Crippen molar-refractivity contribution in [1.29, 1.82) is 0 Å². The van der Waals surface area contributed by atoms with Crippen molar-refractivity contribution in [2.75, 3.05) is 23.3 Å². The first-order valence-electron chi connectivity index (χ1n) is 7.86. The minimum Gasteiger partial charge on any atom is -0.369 e. The molecule has 4 nitrogen and oxygen atoms in total. The molecule has 0 unspecified atom stereocenters. The number of anilines is 2. The SMILES string of the molecule is Cc1ccc(N2CC[C@@H](NC(=O)Nc3ccccc3Br)C2)cc1F. The Labute approximate surface area is 149 Å². The molecule has 1 atom stereocenters. The van der Waals surface area contributed by atoms with Crippen molar-refractivity contribution in [3.63, 3.8) is 0 Å². The molecule has 2 N–H and O–H groups in total. The molecule has 2 aromatic rings. The third-order valence-corrected chi connectivity index (χ3v) is 4.86. The fourth-order valence-corrected chi connectivity index (χ4v) is 3.18. The molecular formula is C18H19BrFN3O. The van der Waals surface area contributed by atoms with Gasteiger partial charge >= 0.3 is 6.03 Å². The molecule has 3 rings (SSSR count). The molecule has 0 saturated carbocycles. The van der Waals surface area contributed by atoms with Crippen molar-refractivity contribution >= 4 is 33.3 Å². The number of amides is 2. The van der Waals surface area contributed by atoms with E-state index in [2.05, 4.69) is 31.5 Å². The van der Waals surface area contributed by atoms with Gasteiger partial charge in [-0.15, -0.1) is 0 Å². The Morgan fingerprint density at radius 2 is 2.08 bits per heavy atom. The van der Waals surface area contributed by atoms with E-state index < -0.39 is 0 Å². The first kappa shape index (κ1) is 16.8. The minimum absolute atomic E-state index is 0.0388. The van der Waals surface area contributed by atoms with Gasteiger partial charge in [-0.05, 0) is 59.1 Å². The number of halogens is 2. The Balaban J connectivity index is 1.57. The number of hydrogen-bond acceptors (Lipinski definition) is 2. The molecule has 1 aliphatic rings. The van der Waals surface area contributed by atoms with Crippen molar-refractivity contribution in [2.45, 2.75) is 19.4 Å². The summed E-state index contributed by atoms with van der Waals surface area (Å²) in [5, 5.41) is 5.81. The summed E-state index contributed by atoms with van der Waals surface area (Å²) in [5.74, 6) is -0.199. The lowest BCUT2D eigenvalue weighted by Crippen LogP contribution is -2.39. The zero-order chi connectivity index (χ0) is 17.1. The molecule has 126 valence electrons. The maximum absolute atomic E-state index is 13.7. The van der Waals surface area contributed by atoms with Gasteiger partial charge in [0.15, 0.2) is 0 Å². The third-order valence-electron chi connectivity index (χ3n) is 4.17. The quantitative estimate of drug-likeness (QED) is 0.818. The topological polar surface area (TPSA) is 44.4 Å². The van der Waals surface area contributed by atoms with Crippen LogP contribution in [0.5, 0.6) is 0 Å². The highest BCUT2D eigenvalue weighted by Gasteiger charge is 2.24. The molecule has 6 heteroatoms. The van der Waals surface area contributed by atoms with E-state index in [0.29, 0.717) is 12.1 Å². The van der Waals surface area contributed by atoms with Gasteiger partial charge in [-0.1, -0.05) is 18.2 Å². The first-order chi connectivity index (χ1) is 11.5. The lowest BCUT2D eigenvalue weighted by Gasteiger charge is -2.19. The number of nitrogens with zero attached hydrogens (tertiary/aromatic N) is 1. The van der Waals surface area contributed by atoms with Crippen LogP contribution in [0.3, 0.4) is 0 Å². The van der Waals surface area contributed by atoms with Crippen LogP contribution in [0.25, 0.3) is 0 Å². The summed E-state index contributed by atoms with van der Waals surface area (Å²) >= 11 is 3.40. The number of urea groups is 1. The monoisotopic (exact) mass is 391 g/mol. The van der Waals surface area contributed by atoms with Gasteiger partial charge in [0.1, 0.15) is 5.82 Å². The van der Waals surface area contributed by atoms with Crippen LogP contribution >= 0.6 is 15.9 Å². The summed E-state index contributed by atoms with van der Waals surface area (Å²) in [6.45, 7) is 3.22. The summed E-state index contributed by atoms with van der Waals surface area (Å²) in [4.78, 5) is 14.2. The average Bonchev–Trinajstić information content (AvgIpc) is 3.00. The second-order valence-corrected chi connectivity index (χ2v) is 6.80. The van der Waals surface area contributed by atoms with Crippen LogP contribution < -0.4 is 15.5 Å². The van der Waals surface area contributed by atoms with E-state index in [0.717, 1.165) is 28.8 Å². The van der Waals surface area contributed by atoms with Crippen molar-refractivity contribution in [1.82, 2.24) is 5.32 Å². The predicted octanol–water partition coefficient (Wildman–Crippen LogP) is 4.30. The van der Waals surface area contributed by atoms with E-state index in [9.17, 15) is 9.18 Å². The Kier molecular flexibility index (Phi) is 5.04. The molecule has 1 heterocycles. The minimum atomic E-state index is -0.233. The van der Waals surface area contributed by atoms with E-state index in [1.807, 2.05) is 30.3 Å². The summed E-state index contributed by atoms with van der Waals surface area (Å²) in [7, 11) is 0. The van der Waals surface area contributed by atoms with Crippen LogP contribution in [0, 0.1) is 12.7 Å². The van der Waals surface area contributed by atoms with E-state index in [-0.39, 0.29) is 17.9 Å². The Bertz CT molecular complexity index is 753. The Morgan fingerprint density at radius 3 is 2.83 bits per heavy atom. The predicted molar refractivity (Wildman–Crippen MR) is 98.1 cm³/mol. The molecule has 0 aromatic heterocycles. The number of benzene rings is 2. The third kappa shape index (κ3) is 3.87. The van der Waals surface area contributed by atoms with Gasteiger partial charge in [-0.3, -0.25) is 0 Å². The Hall–Kier alpha value is -2.08. The van der Waals surface area contributed by atoms with Gasteiger partial charge in [0.2, 0.25) is 0 Å². The number of nitrogens with one attached hydrogen (secondary N) is 2. The highest BCUT2D eigenvalue weighted by atomic mass is 79.9. The van der Waals surface area contributed by atoms with Gasteiger partial charge in [0.25, 0.3) is 0 Å². The molecule has 2 aromatic carbocycles. The fourth-order valence-electron chi connectivity index (χ4n) is 2.80. The zero-order valence-electron chi connectivity index (χ0n) is 13.4. The molecule has 1 saturated heterocycles. The molecule has 0 radical (unpaired) electrons. The maximum Gasteiger partial charge on any atom is 0.319 e. The van der Waals surface area contributed by atoms with Crippen molar-refractivity contribution in [3.8, 4) is 0 Å². The Morgan fingerprint density at radius 1 is 1.29 bits per heavy atom. The molecule has 2 amide bonds. The largest absolute Gasteiger partial charge is 0.369 e. The molecule has 0 aliphatic carbocycles. The molecule has 0 bridgehead atoms. The number of aryl methyl sites for hydroxylation is 1. The maximum atomic E-state index is 13.7. The lowest BCUT2D eigenvalue weighted by molar-refractivity contribution is 0.249. The summed E-state index contributed by atoms with van der Waals surface area (Å²) in [6, 6.07) is 12.5. The van der Waals surface area contributed by atoms with E-state index >= 15 is 0 Å². The summed E-state index contributed by atoms with van der Waals surface area (Å²) in [6.07, 6.45) is 0.832. The van der Waals surface area contributed by atoms with Gasteiger partial charge in [0, 0.05) is 29.3 Å². The second-order valence-electron chi connectivity index (χ2n) is 5.94. The van der Waals surface area contributed by atoms with E-state index in [1.54, 1.807) is 19.1 Å². The standard InChI is InChI=1S/C18H19BrFN3O/c1-12-6-7-14(10-16(12)20)23-9-8-13(11-23)21-18(24)22-17-5-3-2-4-15(17)19/h2-7,10,13H,8-9,11H2,1H3,(H2,21,22,24)/t13-/m1/s1. The number of hydrogen-bond donors (Lipinski definition) is 2. The van der Waals surface area contributed by atoms with Crippen LogP contribution in [-0.2, 0) is 0 Å². The van der Waals surface area contributed by atoms with Gasteiger partial charge in [-0.25, -0.2) is 9.18 Å². The molecule has 1 aliphatic heterocycles. The molecule has 24 heavy (non-hydrogen) atoms. The number of rotatable bonds is 3. The molecule has 1 fully saturated rings. The highest BCUT2D eigenvalue weighted by molar-refractivity contribution is 9.10. The normalized spacial score (nSPS) is 17.0. The summed E-state index contributed by atoms with van der Waals surface area (Å²) in [5.41, 5.74) is 2.22. The molecular weight excluding hydrogens is 373 g/mol. The van der Waals surface area contributed by atoms with Crippen molar-refractivity contribution in [2.24, 2.45) is 0 Å². The smallest absolute Gasteiger partial charge is 0.319 e. The van der Waals surface area contributed by atoms with Crippen LogP contribution in [0.15, 0.2) is 46.9 Å². The van der Waals surface area contributed by atoms with Crippen molar-refractivity contribution in [3.05, 3.63) is 58.3 Å². The fraction of sp³-hybridized carbons (Fsp3) is 0.278. The number of carbonyl (C=O) groups excluding carboxylic acids is 1. The summed E-state index contributed by atoms with van der Waals surface area (Å²) < 4.78 is 14.5. The molecule has 0 spiro atoms. The number of carbonyl (C=O) groups is 1. The lowest BCUT2D eigenvalue weighted by atomic mass is 10.2. The number of para-hydroxylation sites is 1. The van der Waals surface area contributed by atoms with Crippen molar-refractivity contribution < 1.29 is 9.18 Å². The van der Waals surface area contributed by atoms with Crippen LogP contribution in [0.2, 0.25) is 0 Å². The van der Waals surface area contributed by atoms with E-state index in [1.165, 1.54) is 0 Å². The first-order valence-corrected chi connectivity index (χ1v) is 8.65.